The van der Waals surface area contributed by atoms with Crippen LogP contribution >= 0.6 is 0 Å². The second-order valence-electron chi connectivity index (χ2n) is 7.39. The molecular formula is C22H21F2N5O. The summed E-state index contributed by atoms with van der Waals surface area (Å²) in [5.41, 5.74) is 1.14. The SMILES string of the molecule is CNC(=O)c1ccc(F)c(-c2cnc(NCC3(c4ncccc4F)CCC3)nc2)c1. The molecule has 30 heavy (non-hydrogen) atoms. The third-order valence-electron chi connectivity index (χ3n) is 5.57. The first-order valence-electron chi connectivity index (χ1n) is 9.71. The number of rotatable bonds is 6. The van der Waals surface area contributed by atoms with E-state index in [1.165, 1.54) is 43.7 Å². The van der Waals surface area contributed by atoms with Gasteiger partial charge in [0.25, 0.3) is 5.91 Å². The molecule has 2 aromatic heterocycles. The molecule has 2 N–H and O–H groups in total. The van der Waals surface area contributed by atoms with Gasteiger partial charge in [-0.2, -0.15) is 0 Å². The third-order valence-corrected chi connectivity index (χ3v) is 5.57. The number of amides is 1. The molecule has 1 aliphatic carbocycles. The minimum atomic E-state index is -0.467. The molecule has 0 radical (unpaired) electrons. The van der Waals surface area contributed by atoms with E-state index in [1.54, 1.807) is 12.3 Å². The van der Waals surface area contributed by atoms with Crippen molar-refractivity contribution in [2.24, 2.45) is 0 Å². The van der Waals surface area contributed by atoms with Crippen LogP contribution in [0.3, 0.4) is 0 Å². The van der Waals surface area contributed by atoms with E-state index in [0.717, 1.165) is 19.3 Å². The summed E-state index contributed by atoms with van der Waals surface area (Å²) >= 11 is 0. The molecule has 0 bridgehead atoms. The molecule has 1 aliphatic rings. The third kappa shape index (κ3) is 3.72. The van der Waals surface area contributed by atoms with Crippen LogP contribution in [0.25, 0.3) is 11.1 Å². The van der Waals surface area contributed by atoms with E-state index in [9.17, 15) is 13.6 Å². The van der Waals surface area contributed by atoms with Gasteiger partial charge in [0.1, 0.15) is 11.6 Å². The highest BCUT2D eigenvalue weighted by atomic mass is 19.1. The predicted octanol–water partition coefficient (Wildman–Crippen LogP) is 3.71. The molecule has 2 heterocycles. The van der Waals surface area contributed by atoms with Crippen molar-refractivity contribution in [3.05, 3.63) is 71.8 Å². The van der Waals surface area contributed by atoms with Crippen molar-refractivity contribution in [1.29, 1.82) is 0 Å². The Bertz CT molecular complexity index is 1070. The fourth-order valence-corrected chi connectivity index (χ4v) is 3.72. The molecule has 1 fully saturated rings. The van der Waals surface area contributed by atoms with Gasteiger partial charge in [-0.3, -0.25) is 9.78 Å². The number of carbonyl (C=O) groups excluding carboxylic acids is 1. The second-order valence-corrected chi connectivity index (χ2v) is 7.39. The predicted molar refractivity (Wildman–Crippen MR) is 109 cm³/mol. The fourth-order valence-electron chi connectivity index (χ4n) is 3.72. The summed E-state index contributed by atoms with van der Waals surface area (Å²) in [4.78, 5) is 24.6. The smallest absolute Gasteiger partial charge is 0.251 e. The van der Waals surface area contributed by atoms with Crippen LogP contribution in [0.5, 0.6) is 0 Å². The number of hydrogen-bond acceptors (Lipinski definition) is 5. The lowest BCUT2D eigenvalue weighted by Crippen LogP contribution is -2.42. The van der Waals surface area contributed by atoms with Gasteiger partial charge in [0.05, 0.1) is 5.69 Å². The Morgan fingerprint density at radius 2 is 1.87 bits per heavy atom. The van der Waals surface area contributed by atoms with Gasteiger partial charge in [-0.25, -0.2) is 18.7 Å². The molecule has 1 amide bonds. The maximum Gasteiger partial charge on any atom is 0.251 e. The highest BCUT2D eigenvalue weighted by Gasteiger charge is 2.41. The van der Waals surface area contributed by atoms with Crippen LogP contribution in [0.4, 0.5) is 14.7 Å². The Morgan fingerprint density at radius 1 is 1.10 bits per heavy atom. The van der Waals surface area contributed by atoms with E-state index in [0.29, 0.717) is 29.3 Å². The van der Waals surface area contributed by atoms with Gasteiger partial charge in [-0.1, -0.05) is 6.42 Å². The Labute approximate surface area is 172 Å². The van der Waals surface area contributed by atoms with Gasteiger partial charge in [0, 0.05) is 54.3 Å². The first kappa shape index (κ1) is 19.9. The average molecular weight is 409 g/mol. The lowest BCUT2D eigenvalue weighted by Gasteiger charge is -2.41. The summed E-state index contributed by atoms with van der Waals surface area (Å²) in [5.74, 6) is -0.708. The number of halogens is 2. The maximum absolute atomic E-state index is 14.3. The van der Waals surface area contributed by atoms with Gasteiger partial charge >= 0.3 is 0 Å². The van der Waals surface area contributed by atoms with Gasteiger partial charge in [0.15, 0.2) is 0 Å². The van der Waals surface area contributed by atoms with Crippen molar-refractivity contribution >= 4 is 11.9 Å². The van der Waals surface area contributed by atoms with Crippen LogP contribution in [0, 0.1) is 11.6 Å². The Balaban J connectivity index is 1.51. The van der Waals surface area contributed by atoms with Gasteiger partial charge in [-0.15, -0.1) is 0 Å². The normalized spacial score (nSPS) is 14.6. The van der Waals surface area contributed by atoms with Gasteiger partial charge in [-0.05, 0) is 43.2 Å². The van der Waals surface area contributed by atoms with Gasteiger partial charge in [0.2, 0.25) is 5.95 Å². The number of nitrogens with one attached hydrogen (secondary N) is 2. The van der Waals surface area contributed by atoms with Crippen molar-refractivity contribution in [3.63, 3.8) is 0 Å². The molecule has 154 valence electrons. The number of benzene rings is 1. The summed E-state index contributed by atoms with van der Waals surface area (Å²) in [6.45, 7) is 0.459. The Kier molecular flexibility index (Phi) is 5.39. The fraction of sp³-hybridized carbons (Fsp3) is 0.273. The summed E-state index contributed by atoms with van der Waals surface area (Å²) < 4.78 is 28.5. The number of hydrogen-bond donors (Lipinski definition) is 2. The summed E-state index contributed by atoms with van der Waals surface area (Å²) in [5, 5.41) is 5.67. The van der Waals surface area contributed by atoms with Crippen LogP contribution in [-0.2, 0) is 5.41 Å². The minimum absolute atomic E-state index is 0.244. The Hall–Kier alpha value is -3.42. The van der Waals surface area contributed by atoms with Crippen LogP contribution < -0.4 is 10.6 Å². The zero-order chi connectivity index (χ0) is 21.1. The Morgan fingerprint density at radius 3 is 2.50 bits per heavy atom. The van der Waals surface area contributed by atoms with Crippen LogP contribution in [0.15, 0.2) is 48.9 Å². The molecule has 0 unspecified atom stereocenters. The number of aromatic nitrogens is 3. The topological polar surface area (TPSA) is 79.8 Å². The molecule has 0 aliphatic heterocycles. The zero-order valence-corrected chi connectivity index (χ0v) is 16.5. The molecule has 8 heteroatoms. The average Bonchev–Trinajstić information content (AvgIpc) is 2.74. The molecule has 1 saturated carbocycles. The standard InChI is InChI=1S/C22H21F2N5O/c1-25-20(30)14-5-6-17(23)16(10-14)15-11-27-21(28-12-15)29-13-22(7-3-8-22)19-18(24)4-2-9-26-19/h2,4-6,9-12H,3,7-8,13H2,1H3,(H,25,30)(H,27,28,29). The molecule has 3 aromatic rings. The van der Waals surface area contributed by atoms with Crippen LogP contribution in [0.1, 0.15) is 35.3 Å². The number of carbonyl (C=O) groups is 1. The van der Waals surface area contributed by atoms with Crippen molar-refractivity contribution in [1.82, 2.24) is 20.3 Å². The first-order chi connectivity index (χ1) is 14.5. The number of nitrogens with zero attached hydrogens (tertiary/aromatic N) is 3. The van der Waals surface area contributed by atoms with Crippen LogP contribution in [-0.4, -0.2) is 34.5 Å². The lowest BCUT2D eigenvalue weighted by atomic mass is 9.66. The van der Waals surface area contributed by atoms with Crippen molar-refractivity contribution in [2.75, 3.05) is 18.9 Å². The van der Waals surface area contributed by atoms with E-state index in [-0.39, 0.29) is 22.7 Å². The summed E-state index contributed by atoms with van der Waals surface area (Å²) in [6, 6.07) is 7.14. The number of pyridine rings is 1. The van der Waals surface area contributed by atoms with E-state index in [4.69, 9.17) is 0 Å². The van der Waals surface area contributed by atoms with E-state index in [1.807, 2.05) is 0 Å². The van der Waals surface area contributed by atoms with Crippen molar-refractivity contribution in [3.8, 4) is 11.1 Å². The molecule has 0 spiro atoms. The highest BCUT2D eigenvalue weighted by molar-refractivity contribution is 5.95. The van der Waals surface area contributed by atoms with E-state index < -0.39 is 5.82 Å². The molecule has 0 saturated heterocycles. The van der Waals surface area contributed by atoms with E-state index >= 15 is 0 Å². The monoisotopic (exact) mass is 409 g/mol. The number of anilines is 1. The minimum Gasteiger partial charge on any atom is -0.355 e. The molecule has 0 atom stereocenters. The maximum atomic E-state index is 14.3. The first-order valence-corrected chi connectivity index (χ1v) is 9.71. The molecular weight excluding hydrogens is 388 g/mol. The second kappa shape index (κ2) is 8.14. The van der Waals surface area contributed by atoms with E-state index in [2.05, 4.69) is 25.6 Å². The summed E-state index contributed by atoms with van der Waals surface area (Å²) in [6.07, 6.45) is 7.28. The van der Waals surface area contributed by atoms with Crippen molar-refractivity contribution < 1.29 is 13.6 Å². The molecule has 1 aromatic carbocycles. The van der Waals surface area contributed by atoms with Crippen molar-refractivity contribution in [2.45, 2.75) is 24.7 Å². The largest absolute Gasteiger partial charge is 0.355 e. The summed E-state index contributed by atoms with van der Waals surface area (Å²) in [7, 11) is 1.51. The quantitative estimate of drug-likeness (QED) is 0.649. The lowest BCUT2D eigenvalue weighted by molar-refractivity contribution is 0.0963. The van der Waals surface area contributed by atoms with Crippen LogP contribution in [0.2, 0.25) is 0 Å². The van der Waals surface area contributed by atoms with Gasteiger partial charge < -0.3 is 10.6 Å². The molecule has 6 nitrogen and oxygen atoms in total. The zero-order valence-electron chi connectivity index (χ0n) is 16.5. The highest BCUT2D eigenvalue weighted by Crippen LogP contribution is 2.43. The molecule has 4 rings (SSSR count).